The van der Waals surface area contributed by atoms with Gasteiger partial charge in [0.2, 0.25) is 0 Å². The minimum absolute atomic E-state index is 0.708. The lowest BCUT2D eigenvalue weighted by molar-refractivity contribution is 0.680. The number of hydrogen-bond acceptors (Lipinski definition) is 2. The van der Waals surface area contributed by atoms with E-state index in [0.29, 0.717) is 5.92 Å². The van der Waals surface area contributed by atoms with Crippen LogP contribution in [0.2, 0.25) is 0 Å². The first-order chi connectivity index (χ1) is 9.79. The second kappa shape index (κ2) is 5.01. The second-order valence-corrected chi connectivity index (χ2v) is 6.80. The summed E-state index contributed by atoms with van der Waals surface area (Å²) >= 11 is 3.57. The van der Waals surface area contributed by atoms with Crippen LogP contribution in [0.15, 0.2) is 34.9 Å². The predicted octanol–water partition coefficient (Wildman–Crippen LogP) is 3.76. The number of rotatable bonds is 5. The SMILES string of the molecule is Brc1ccc(-n2ccc(C3CC3)n2)c(CNC2CC2)c1. The molecule has 0 spiro atoms. The Hall–Kier alpha value is -1.13. The van der Waals surface area contributed by atoms with Crippen LogP contribution in [-0.4, -0.2) is 15.8 Å². The van der Waals surface area contributed by atoms with E-state index < -0.39 is 0 Å². The third-order valence-corrected chi connectivity index (χ3v) is 4.55. The molecule has 0 saturated heterocycles. The molecule has 4 rings (SSSR count). The molecular weight excluding hydrogens is 314 g/mol. The summed E-state index contributed by atoms with van der Waals surface area (Å²) in [4.78, 5) is 0. The molecule has 2 fully saturated rings. The summed E-state index contributed by atoms with van der Waals surface area (Å²) in [5.74, 6) is 0.708. The third-order valence-electron chi connectivity index (χ3n) is 4.05. The molecule has 104 valence electrons. The van der Waals surface area contributed by atoms with Crippen molar-refractivity contribution in [2.45, 2.75) is 44.2 Å². The van der Waals surface area contributed by atoms with Crippen LogP contribution in [0.1, 0.15) is 42.9 Å². The van der Waals surface area contributed by atoms with Gasteiger partial charge in [0, 0.05) is 29.2 Å². The van der Waals surface area contributed by atoms with Crippen molar-refractivity contribution in [1.82, 2.24) is 15.1 Å². The molecule has 3 nitrogen and oxygen atoms in total. The van der Waals surface area contributed by atoms with Crippen molar-refractivity contribution in [1.29, 1.82) is 0 Å². The molecule has 1 aromatic heterocycles. The van der Waals surface area contributed by atoms with E-state index >= 15 is 0 Å². The molecule has 20 heavy (non-hydrogen) atoms. The van der Waals surface area contributed by atoms with Crippen molar-refractivity contribution < 1.29 is 0 Å². The molecule has 4 heteroatoms. The lowest BCUT2D eigenvalue weighted by atomic mass is 10.2. The van der Waals surface area contributed by atoms with Gasteiger partial charge in [0.15, 0.2) is 0 Å². The van der Waals surface area contributed by atoms with E-state index in [-0.39, 0.29) is 0 Å². The zero-order chi connectivity index (χ0) is 13.5. The molecule has 0 radical (unpaired) electrons. The number of halogens is 1. The number of hydrogen-bond donors (Lipinski definition) is 1. The Labute approximate surface area is 127 Å². The van der Waals surface area contributed by atoms with Crippen molar-refractivity contribution in [2.75, 3.05) is 0 Å². The van der Waals surface area contributed by atoms with Crippen LogP contribution in [-0.2, 0) is 6.54 Å². The van der Waals surface area contributed by atoms with Gasteiger partial charge in [-0.3, -0.25) is 0 Å². The molecule has 2 aliphatic rings. The van der Waals surface area contributed by atoms with Gasteiger partial charge in [-0.15, -0.1) is 0 Å². The monoisotopic (exact) mass is 331 g/mol. The molecule has 0 bridgehead atoms. The molecule has 2 aromatic rings. The fourth-order valence-corrected chi connectivity index (χ4v) is 2.94. The quantitative estimate of drug-likeness (QED) is 0.903. The highest BCUT2D eigenvalue weighted by Crippen LogP contribution is 2.39. The first-order valence-electron chi connectivity index (χ1n) is 7.37. The van der Waals surface area contributed by atoms with Gasteiger partial charge in [-0.25, -0.2) is 4.68 Å². The topological polar surface area (TPSA) is 29.9 Å². The van der Waals surface area contributed by atoms with Crippen molar-refractivity contribution in [3.05, 3.63) is 46.2 Å². The van der Waals surface area contributed by atoms with Gasteiger partial charge < -0.3 is 5.32 Å². The molecule has 0 unspecified atom stereocenters. The smallest absolute Gasteiger partial charge is 0.0691 e. The number of nitrogens with zero attached hydrogens (tertiary/aromatic N) is 2. The molecule has 1 N–H and O–H groups in total. The van der Waals surface area contributed by atoms with E-state index in [4.69, 9.17) is 5.10 Å². The van der Waals surface area contributed by atoms with Gasteiger partial charge >= 0.3 is 0 Å². The maximum atomic E-state index is 4.75. The summed E-state index contributed by atoms with van der Waals surface area (Å²) in [6.45, 7) is 0.915. The highest BCUT2D eigenvalue weighted by molar-refractivity contribution is 9.10. The van der Waals surface area contributed by atoms with E-state index in [1.165, 1.54) is 42.6 Å². The fourth-order valence-electron chi connectivity index (χ4n) is 2.53. The largest absolute Gasteiger partial charge is 0.310 e. The summed E-state index contributed by atoms with van der Waals surface area (Å²) < 4.78 is 3.16. The van der Waals surface area contributed by atoms with Gasteiger partial charge in [0.05, 0.1) is 11.4 Å². The van der Waals surface area contributed by atoms with Crippen LogP contribution in [0, 0.1) is 0 Å². The zero-order valence-corrected chi connectivity index (χ0v) is 12.9. The summed E-state index contributed by atoms with van der Waals surface area (Å²) in [7, 11) is 0. The molecular formula is C16H18BrN3. The Balaban J connectivity index is 1.63. The fraction of sp³-hybridized carbons (Fsp3) is 0.438. The van der Waals surface area contributed by atoms with Crippen molar-refractivity contribution in [2.24, 2.45) is 0 Å². The van der Waals surface area contributed by atoms with Gasteiger partial charge in [-0.1, -0.05) is 15.9 Å². The Bertz CT molecular complexity index is 626. The van der Waals surface area contributed by atoms with Crippen molar-refractivity contribution in [3.63, 3.8) is 0 Å². The van der Waals surface area contributed by atoms with Crippen LogP contribution in [0.25, 0.3) is 5.69 Å². The Morgan fingerprint density at radius 1 is 1.20 bits per heavy atom. The summed E-state index contributed by atoms with van der Waals surface area (Å²) in [6, 6.07) is 9.33. The third kappa shape index (κ3) is 2.67. The lowest BCUT2D eigenvalue weighted by Crippen LogP contribution is -2.17. The second-order valence-electron chi connectivity index (χ2n) is 5.89. The van der Waals surface area contributed by atoms with Crippen LogP contribution in [0.3, 0.4) is 0 Å². The van der Waals surface area contributed by atoms with Crippen LogP contribution in [0.4, 0.5) is 0 Å². The summed E-state index contributed by atoms with van der Waals surface area (Å²) in [6.07, 6.45) is 7.33. The molecule has 0 atom stereocenters. The van der Waals surface area contributed by atoms with Crippen LogP contribution < -0.4 is 5.32 Å². The van der Waals surface area contributed by atoms with Crippen LogP contribution >= 0.6 is 15.9 Å². The molecule has 1 aromatic carbocycles. The minimum atomic E-state index is 0.708. The molecule has 1 heterocycles. The first kappa shape index (κ1) is 12.6. The zero-order valence-electron chi connectivity index (χ0n) is 11.3. The van der Waals surface area contributed by atoms with Crippen LogP contribution in [0.5, 0.6) is 0 Å². The maximum absolute atomic E-state index is 4.75. The minimum Gasteiger partial charge on any atom is -0.310 e. The average molecular weight is 332 g/mol. The number of aromatic nitrogens is 2. The van der Waals surface area contributed by atoms with Gasteiger partial charge in [-0.2, -0.15) is 5.10 Å². The Morgan fingerprint density at radius 2 is 2.05 bits per heavy atom. The predicted molar refractivity (Wildman–Crippen MR) is 83.1 cm³/mol. The Morgan fingerprint density at radius 3 is 2.80 bits per heavy atom. The normalized spacial score (nSPS) is 18.4. The molecule has 0 aliphatic heterocycles. The Kier molecular flexibility index (Phi) is 3.15. The molecule has 0 amide bonds. The standard InChI is InChI=1S/C16H18BrN3/c17-13-3-6-16(12(9-13)10-18-14-4-5-14)20-8-7-15(19-20)11-1-2-11/h3,6-9,11,14,18H,1-2,4-5,10H2. The van der Waals surface area contributed by atoms with E-state index in [1.807, 2.05) is 4.68 Å². The number of benzene rings is 1. The number of nitrogens with one attached hydrogen (secondary N) is 1. The van der Waals surface area contributed by atoms with Crippen molar-refractivity contribution in [3.8, 4) is 5.69 Å². The average Bonchev–Trinajstić information content (AvgIpc) is 3.37. The highest BCUT2D eigenvalue weighted by atomic mass is 79.9. The first-order valence-corrected chi connectivity index (χ1v) is 8.16. The van der Waals surface area contributed by atoms with E-state index in [1.54, 1.807) is 0 Å². The van der Waals surface area contributed by atoms with Crippen molar-refractivity contribution >= 4 is 15.9 Å². The van der Waals surface area contributed by atoms with Gasteiger partial charge in [-0.05, 0) is 55.5 Å². The van der Waals surface area contributed by atoms with E-state index in [9.17, 15) is 0 Å². The van der Waals surface area contributed by atoms with Gasteiger partial charge in [0.1, 0.15) is 0 Å². The lowest BCUT2D eigenvalue weighted by Gasteiger charge is -2.11. The van der Waals surface area contributed by atoms with E-state index in [2.05, 4.69) is 51.7 Å². The summed E-state index contributed by atoms with van der Waals surface area (Å²) in [5.41, 5.74) is 3.74. The summed E-state index contributed by atoms with van der Waals surface area (Å²) in [5, 5.41) is 8.34. The highest BCUT2D eigenvalue weighted by Gasteiger charge is 2.26. The molecule has 2 saturated carbocycles. The molecule has 2 aliphatic carbocycles. The maximum Gasteiger partial charge on any atom is 0.0691 e. The van der Waals surface area contributed by atoms with E-state index in [0.717, 1.165) is 17.1 Å². The van der Waals surface area contributed by atoms with Gasteiger partial charge in [0.25, 0.3) is 0 Å².